The first-order valence-electron chi connectivity index (χ1n) is 5.36. The number of nitrogens with one attached hydrogen (secondary N) is 1. The lowest BCUT2D eigenvalue weighted by Gasteiger charge is -2.21. The Balaban J connectivity index is 3.05. The predicted octanol–water partition coefficient (Wildman–Crippen LogP) is 1.01. The van der Waals surface area contributed by atoms with Crippen molar-refractivity contribution < 1.29 is 19.8 Å². The third kappa shape index (κ3) is 2.98. The van der Waals surface area contributed by atoms with Gasteiger partial charge in [0.15, 0.2) is 0 Å². The number of phenolic OH excluding ortho intramolecular Hbond substituents is 1. The Labute approximate surface area is 104 Å². The fourth-order valence-corrected chi connectivity index (χ4v) is 1.20. The quantitative estimate of drug-likeness (QED) is 0.597. The molecule has 1 rings (SSSR count). The summed E-state index contributed by atoms with van der Waals surface area (Å²) < 4.78 is 0. The van der Waals surface area contributed by atoms with Crippen molar-refractivity contribution in [2.45, 2.75) is 13.8 Å². The van der Waals surface area contributed by atoms with Crippen molar-refractivity contribution in [3.63, 3.8) is 0 Å². The number of aromatic hydroxyl groups is 1. The molecule has 0 saturated heterocycles. The van der Waals surface area contributed by atoms with E-state index in [2.05, 4.69) is 5.32 Å². The first kappa shape index (κ1) is 14.0. The van der Waals surface area contributed by atoms with E-state index < -0.39 is 11.4 Å². The number of carboxylic acids is 1. The Kier molecular flexibility index (Phi) is 3.93. The summed E-state index contributed by atoms with van der Waals surface area (Å²) >= 11 is 0. The molecule has 0 fully saturated rings. The first-order valence-corrected chi connectivity index (χ1v) is 5.36. The average Bonchev–Trinajstić information content (AvgIpc) is 2.31. The van der Waals surface area contributed by atoms with Gasteiger partial charge in [0.25, 0.3) is 0 Å². The maximum Gasteiger partial charge on any atom is 0.337 e. The molecule has 1 aromatic carbocycles. The van der Waals surface area contributed by atoms with Crippen molar-refractivity contribution in [1.82, 2.24) is 0 Å². The van der Waals surface area contributed by atoms with Gasteiger partial charge < -0.3 is 21.3 Å². The number of aromatic carboxylic acids is 1. The van der Waals surface area contributed by atoms with Crippen LogP contribution in [0, 0.1) is 5.41 Å². The van der Waals surface area contributed by atoms with Gasteiger partial charge in [-0.25, -0.2) is 4.79 Å². The summed E-state index contributed by atoms with van der Waals surface area (Å²) in [6.45, 7) is 3.45. The van der Waals surface area contributed by atoms with E-state index >= 15 is 0 Å². The molecule has 0 aliphatic carbocycles. The second-order valence-electron chi connectivity index (χ2n) is 4.58. The Morgan fingerprint density at radius 1 is 1.39 bits per heavy atom. The van der Waals surface area contributed by atoms with Crippen molar-refractivity contribution >= 4 is 17.6 Å². The summed E-state index contributed by atoms with van der Waals surface area (Å²) in [5, 5.41) is 20.7. The number of nitrogens with two attached hydrogens (primary N) is 1. The summed E-state index contributed by atoms with van der Waals surface area (Å²) in [5.41, 5.74) is 4.63. The summed E-state index contributed by atoms with van der Waals surface area (Å²) in [7, 11) is 0. The van der Waals surface area contributed by atoms with Gasteiger partial charge >= 0.3 is 5.97 Å². The van der Waals surface area contributed by atoms with Gasteiger partial charge in [-0.3, -0.25) is 4.79 Å². The van der Waals surface area contributed by atoms with Crippen LogP contribution < -0.4 is 11.1 Å². The van der Waals surface area contributed by atoms with E-state index in [1.165, 1.54) is 12.1 Å². The molecule has 0 radical (unpaired) electrons. The minimum absolute atomic E-state index is 0.131. The van der Waals surface area contributed by atoms with Gasteiger partial charge in [0.05, 0.1) is 16.7 Å². The molecule has 0 spiro atoms. The van der Waals surface area contributed by atoms with Crippen LogP contribution in [0.5, 0.6) is 5.75 Å². The van der Waals surface area contributed by atoms with Crippen LogP contribution in [0.15, 0.2) is 18.2 Å². The van der Waals surface area contributed by atoms with Crippen molar-refractivity contribution in [3.05, 3.63) is 23.8 Å². The predicted molar refractivity (Wildman–Crippen MR) is 66.5 cm³/mol. The van der Waals surface area contributed by atoms with Gasteiger partial charge in [-0.15, -0.1) is 0 Å². The van der Waals surface area contributed by atoms with Crippen molar-refractivity contribution in [3.8, 4) is 5.75 Å². The molecule has 1 amide bonds. The topological polar surface area (TPSA) is 113 Å². The number of anilines is 1. The second kappa shape index (κ2) is 5.05. The monoisotopic (exact) mass is 252 g/mol. The molecule has 0 aliphatic heterocycles. The highest BCUT2D eigenvalue weighted by Gasteiger charge is 2.27. The molecule has 0 unspecified atom stereocenters. The van der Waals surface area contributed by atoms with Crippen molar-refractivity contribution in [2.75, 3.05) is 11.9 Å². The Morgan fingerprint density at radius 3 is 2.50 bits per heavy atom. The zero-order valence-electron chi connectivity index (χ0n) is 10.2. The van der Waals surface area contributed by atoms with E-state index in [9.17, 15) is 14.7 Å². The maximum atomic E-state index is 11.9. The Bertz CT molecular complexity index is 483. The molecular formula is C12H16N2O4. The normalized spacial score (nSPS) is 11.1. The van der Waals surface area contributed by atoms with Crippen molar-refractivity contribution in [2.24, 2.45) is 11.1 Å². The minimum Gasteiger partial charge on any atom is -0.508 e. The number of benzene rings is 1. The van der Waals surface area contributed by atoms with Crippen LogP contribution in [-0.2, 0) is 4.79 Å². The SMILES string of the molecule is CC(C)(CN)C(=O)Nc1ccc(O)cc1C(=O)O. The van der Waals surface area contributed by atoms with E-state index in [1.807, 2.05) is 0 Å². The molecule has 0 bridgehead atoms. The second-order valence-corrected chi connectivity index (χ2v) is 4.58. The highest BCUT2D eigenvalue weighted by Crippen LogP contribution is 2.23. The number of carbonyl (C=O) groups is 2. The number of hydrogen-bond donors (Lipinski definition) is 4. The fourth-order valence-electron chi connectivity index (χ4n) is 1.20. The zero-order valence-corrected chi connectivity index (χ0v) is 10.2. The molecular weight excluding hydrogens is 236 g/mol. The van der Waals surface area contributed by atoms with E-state index in [4.69, 9.17) is 10.8 Å². The zero-order chi connectivity index (χ0) is 13.9. The molecule has 1 aromatic rings. The third-order valence-corrected chi connectivity index (χ3v) is 2.61. The van der Waals surface area contributed by atoms with Gasteiger partial charge in [-0.05, 0) is 32.0 Å². The van der Waals surface area contributed by atoms with Gasteiger partial charge in [0, 0.05) is 6.54 Å². The number of phenols is 1. The highest BCUT2D eigenvalue weighted by molar-refractivity contribution is 6.02. The molecule has 0 atom stereocenters. The van der Waals surface area contributed by atoms with E-state index in [1.54, 1.807) is 13.8 Å². The summed E-state index contributed by atoms with van der Waals surface area (Å²) in [4.78, 5) is 22.9. The summed E-state index contributed by atoms with van der Waals surface area (Å²) in [5.74, 6) is -1.78. The van der Waals surface area contributed by atoms with Gasteiger partial charge in [0.1, 0.15) is 5.75 Å². The van der Waals surface area contributed by atoms with E-state index in [0.29, 0.717) is 0 Å². The lowest BCUT2D eigenvalue weighted by atomic mass is 9.92. The molecule has 0 aromatic heterocycles. The van der Waals surface area contributed by atoms with Crippen LogP contribution >= 0.6 is 0 Å². The lowest BCUT2D eigenvalue weighted by Crippen LogP contribution is -2.37. The first-order chi connectivity index (χ1) is 8.27. The number of carboxylic acid groups (broad SMARTS) is 1. The molecule has 18 heavy (non-hydrogen) atoms. The largest absolute Gasteiger partial charge is 0.508 e. The van der Waals surface area contributed by atoms with Crippen LogP contribution in [0.1, 0.15) is 24.2 Å². The summed E-state index contributed by atoms with van der Waals surface area (Å²) in [6.07, 6.45) is 0. The molecule has 6 nitrogen and oxygen atoms in total. The van der Waals surface area contributed by atoms with Crippen LogP contribution in [0.4, 0.5) is 5.69 Å². The molecule has 0 heterocycles. The molecule has 0 aliphatic rings. The minimum atomic E-state index is -1.23. The van der Waals surface area contributed by atoms with Gasteiger partial charge in [-0.2, -0.15) is 0 Å². The number of hydrogen-bond acceptors (Lipinski definition) is 4. The summed E-state index contributed by atoms with van der Waals surface area (Å²) in [6, 6.07) is 3.72. The van der Waals surface area contributed by atoms with E-state index in [0.717, 1.165) is 6.07 Å². The standard InChI is InChI=1S/C12H16N2O4/c1-12(2,6-13)11(18)14-9-4-3-7(15)5-8(9)10(16)17/h3-5,15H,6,13H2,1-2H3,(H,14,18)(H,16,17). The molecule has 0 saturated carbocycles. The molecule has 5 N–H and O–H groups in total. The fraction of sp³-hybridized carbons (Fsp3) is 0.333. The Morgan fingerprint density at radius 2 is 2.00 bits per heavy atom. The Hall–Kier alpha value is -2.08. The average molecular weight is 252 g/mol. The maximum absolute atomic E-state index is 11.9. The number of amides is 1. The van der Waals surface area contributed by atoms with Gasteiger partial charge in [0.2, 0.25) is 5.91 Å². The molecule has 98 valence electrons. The smallest absolute Gasteiger partial charge is 0.337 e. The van der Waals surface area contributed by atoms with Crippen LogP contribution in [0.3, 0.4) is 0 Å². The lowest BCUT2D eigenvalue weighted by molar-refractivity contribution is -0.123. The third-order valence-electron chi connectivity index (χ3n) is 2.61. The van der Waals surface area contributed by atoms with Crippen molar-refractivity contribution in [1.29, 1.82) is 0 Å². The van der Waals surface area contributed by atoms with Gasteiger partial charge in [-0.1, -0.05) is 0 Å². The van der Waals surface area contributed by atoms with Crippen LogP contribution in [-0.4, -0.2) is 28.6 Å². The number of carbonyl (C=O) groups excluding carboxylic acids is 1. The van der Waals surface area contributed by atoms with Crippen LogP contribution in [0.2, 0.25) is 0 Å². The highest BCUT2D eigenvalue weighted by atomic mass is 16.4. The number of rotatable bonds is 4. The molecule has 6 heteroatoms. The van der Waals surface area contributed by atoms with Crippen LogP contribution in [0.25, 0.3) is 0 Å². The van der Waals surface area contributed by atoms with E-state index in [-0.39, 0.29) is 29.5 Å².